The van der Waals surface area contributed by atoms with Crippen LogP contribution in [0.2, 0.25) is 0 Å². The van der Waals surface area contributed by atoms with E-state index in [0.29, 0.717) is 5.56 Å². The summed E-state index contributed by atoms with van der Waals surface area (Å²) in [6, 6.07) is 18.5. The Morgan fingerprint density at radius 3 is 2.12 bits per heavy atom. The zero-order valence-electron chi connectivity index (χ0n) is 31.3. The van der Waals surface area contributed by atoms with Crippen molar-refractivity contribution in [3.63, 3.8) is 0 Å². The zero-order valence-corrected chi connectivity index (χ0v) is 32.1. The second kappa shape index (κ2) is 16.4. The highest BCUT2D eigenvalue weighted by Crippen LogP contribution is 2.33. The number of esters is 1. The molecular weight excluding hydrogens is 776 g/mol. The molecule has 1 aliphatic heterocycles. The van der Waals surface area contributed by atoms with E-state index in [9.17, 15) is 46.0 Å². The summed E-state index contributed by atoms with van der Waals surface area (Å²) in [6.07, 6.45) is -7.08. The van der Waals surface area contributed by atoms with Gasteiger partial charge in [-0.25, -0.2) is 22.7 Å². The van der Waals surface area contributed by atoms with Crippen LogP contribution in [-0.4, -0.2) is 81.7 Å². The highest BCUT2D eigenvalue weighted by Gasteiger charge is 2.40. The summed E-state index contributed by atoms with van der Waals surface area (Å²) in [5.41, 5.74) is -0.0819. The molecule has 16 nitrogen and oxygen atoms in total. The molecule has 0 fully saturated rings. The van der Waals surface area contributed by atoms with Crippen molar-refractivity contribution in [1.82, 2.24) is 24.4 Å². The number of amides is 3. The van der Waals surface area contributed by atoms with E-state index >= 15 is 0 Å². The molecule has 0 saturated carbocycles. The van der Waals surface area contributed by atoms with Crippen molar-refractivity contribution in [2.75, 3.05) is 13.2 Å². The molecule has 1 unspecified atom stereocenters. The number of sulfonamides is 1. The van der Waals surface area contributed by atoms with Crippen LogP contribution in [0.5, 0.6) is 0 Å². The lowest BCUT2D eigenvalue weighted by atomic mass is 10.1. The van der Waals surface area contributed by atoms with Gasteiger partial charge in [0.1, 0.15) is 13.2 Å². The first-order valence-electron chi connectivity index (χ1n) is 17.3. The quantitative estimate of drug-likeness (QED) is 0.0552. The van der Waals surface area contributed by atoms with Crippen LogP contribution in [0.1, 0.15) is 72.5 Å². The van der Waals surface area contributed by atoms with Crippen LogP contribution in [-0.2, 0) is 35.4 Å². The standard InChI is InChI=1S/C37H38F3N7O9S/c1-23-10-12-25(13-11-23)30-22-31(37(38,39)40)41-46(30)26-14-16-27(17-15-26)57(53,54)42-32(48)18-19-33(49)55-21-20-44(36(3,4)5)47(52)43-56-24(2)45-34(50)28-8-6-7-9-29(28)35(45)51/h6-17,22,24H,18-21H2,1-5H3,(H,42,48)/b47-43-. The Morgan fingerprint density at radius 2 is 1.56 bits per heavy atom. The predicted octanol–water partition coefficient (Wildman–Crippen LogP) is 5.55. The minimum atomic E-state index is -4.74. The second-order valence-corrected chi connectivity index (χ2v) is 15.5. The van der Waals surface area contributed by atoms with Gasteiger partial charge in [-0.3, -0.25) is 19.2 Å². The summed E-state index contributed by atoms with van der Waals surface area (Å²) in [6.45, 7) is 7.61. The summed E-state index contributed by atoms with van der Waals surface area (Å²) in [4.78, 5) is 56.1. The van der Waals surface area contributed by atoms with E-state index in [4.69, 9.17) is 9.57 Å². The number of hydrogen-bond donors (Lipinski definition) is 1. The molecule has 0 saturated heterocycles. The number of carbonyl (C=O) groups is 4. The molecule has 3 amide bonds. The van der Waals surface area contributed by atoms with Crippen molar-refractivity contribution in [1.29, 1.82) is 0 Å². The van der Waals surface area contributed by atoms with Gasteiger partial charge >= 0.3 is 12.1 Å². The molecule has 1 N–H and O–H groups in total. The minimum Gasteiger partial charge on any atom is -0.569 e. The number of halogens is 3. The third-order valence-electron chi connectivity index (χ3n) is 8.55. The van der Waals surface area contributed by atoms with Gasteiger partial charge in [0, 0.05) is 12.0 Å². The second-order valence-electron chi connectivity index (χ2n) is 13.8. The fourth-order valence-electron chi connectivity index (χ4n) is 5.62. The zero-order chi connectivity index (χ0) is 41.9. The number of ether oxygens (including phenoxy) is 1. The lowest BCUT2D eigenvalue weighted by Crippen LogP contribution is -2.48. The van der Waals surface area contributed by atoms with Crippen molar-refractivity contribution >= 4 is 33.7 Å². The third kappa shape index (κ3) is 9.74. The number of fused-ring (bicyclic) bond motifs is 1. The van der Waals surface area contributed by atoms with E-state index in [2.05, 4.69) is 10.4 Å². The molecule has 0 radical (unpaired) electrons. The Labute approximate surface area is 325 Å². The van der Waals surface area contributed by atoms with Crippen LogP contribution >= 0.6 is 0 Å². The number of nitrogens with zero attached hydrogens (tertiary/aromatic N) is 6. The van der Waals surface area contributed by atoms with Gasteiger partial charge in [-0.2, -0.15) is 18.3 Å². The molecule has 302 valence electrons. The van der Waals surface area contributed by atoms with E-state index in [1.54, 1.807) is 57.2 Å². The molecule has 0 aliphatic carbocycles. The highest BCUT2D eigenvalue weighted by molar-refractivity contribution is 7.90. The van der Waals surface area contributed by atoms with E-state index < -0.39 is 70.2 Å². The summed E-state index contributed by atoms with van der Waals surface area (Å²) < 4.78 is 74.6. The van der Waals surface area contributed by atoms with Crippen LogP contribution in [0, 0.1) is 12.1 Å². The number of rotatable bonds is 14. The molecular formula is C37H38F3N7O9S. The van der Waals surface area contributed by atoms with Crippen molar-refractivity contribution in [3.05, 3.63) is 106 Å². The molecule has 5 rings (SSSR count). The van der Waals surface area contributed by atoms with Crippen LogP contribution in [0.4, 0.5) is 13.2 Å². The summed E-state index contributed by atoms with van der Waals surface area (Å²) in [5, 5.41) is 21.2. The average molecular weight is 814 g/mol. The number of alkyl halides is 3. The smallest absolute Gasteiger partial charge is 0.435 e. The van der Waals surface area contributed by atoms with Gasteiger partial charge in [-0.15, -0.1) is 5.01 Å². The molecule has 2 heterocycles. The summed E-state index contributed by atoms with van der Waals surface area (Å²) >= 11 is 0. The van der Waals surface area contributed by atoms with Crippen molar-refractivity contribution in [2.45, 2.75) is 70.3 Å². The maximum absolute atomic E-state index is 13.6. The molecule has 1 atom stereocenters. The Morgan fingerprint density at radius 1 is 0.965 bits per heavy atom. The van der Waals surface area contributed by atoms with Gasteiger partial charge in [0.2, 0.25) is 17.4 Å². The average Bonchev–Trinajstić information content (AvgIpc) is 3.71. The molecule has 0 spiro atoms. The minimum absolute atomic E-state index is 0.0884. The number of benzene rings is 3. The van der Waals surface area contributed by atoms with Gasteiger partial charge in [-0.05, 0) is 77.1 Å². The van der Waals surface area contributed by atoms with E-state index in [1.165, 1.54) is 31.2 Å². The monoisotopic (exact) mass is 813 g/mol. The first-order valence-corrected chi connectivity index (χ1v) is 18.8. The van der Waals surface area contributed by atoms with E-state index in [1.807, 2.05) is 11.6 Å². The SMILES string of the molecule is Cc1ccc(-c2cc(C(F)(F)F)nn2-c2ccc(S(=O)(=O)NC(=O)CCC(=O)OCCN(/[N+]([O-])=N/OC(C)N3C(=O)c4ccccc4C3=O)C(C)(C)C)cc2)cc1. The van der Waals surface area contributed by atoms with E-state index in [-0.39, 0.29) is 45.5 Å². The van der Waals surface area contributed by atoms with Crippen molar-refractivity contribution in [3.8, 4) is 16.9 Å². The Balaban J connectivity index is 1.13. The molecule has 4 aromatic rings. The molecule has 0 bridgehead atoms. The van der Waals surface area contributed by atoms with Gasteiger partial charge in [0.25, 0.3) is 21.8 Å². The van der Waals surface area contributed by atoms with Gasteiger partial charge in [-0.1, -0.05) is 42.0 Å². The number of imide groups is 1. The number of hydrogen-bond acceptors (Lipinski definition) is 11. The maximum Gasteiger partial charge on any atom is 0.435 e. The third-order valence-corrected chi connectivity index (χ3v) is 9.94. The fraction of sp³-hybridized carbons (Fsp3) is 0.324. The molecule has 57 heavy (non-hydrogen) atoms. The first-order chi connectivity index (χ1) is 26.7. The number of nitrogens with one attached hydrogen (secondary N) is 1. The Hall–Kier alpha value is -6.31. The van der Waals surface area contributed by atoms with Gasteiger partial charge in [0.15, 0.2) is 5.69 Å². The molecule has 20 heteroatoms. The number of hydrazine groups is 1. The molecule has 1 aromatic heterocycles. The largest absolute Gasteiger partial charge is 0.569 e. The predicted molar refractivity (Wildman–Crippen MR) is 194 cm³/mol. The lowest BCUT2D eigenvalue weighted by Gasteiger charge is -2.30. The first kappa shape index (κ1) is 41.8. The highest BCUT2D eigenvalue weighted by atomic mass is 32.2. The topological polar surface area (TPSA) is 196 Å². The van der Waals surface area contributed by atoms with Crippen molar-refractivity contribution in [2.24, 2.45) is 5.28 Å². The summed E-state index contributed by atoms with van der Waals surface area (Å²) in [7, 11) is -4.45. The Kier molecular flexibility index (Phi) is 12.1. The number of aryl methyl sites for hydroxylation is 1. The van der Waals surface area contributed by atoms with E-state index in [0.717, 1.165) is 38.4 Å². The van der Waals surface area contributed by atoms with Crippen LogP contribution in [0.15, 0.2) is 89.0 Å². The molecule has 3 aromatic carbocycles. The van der Waals surface area contributed by atoms with Crippen LogP contribution in [0.25, 0.3) is 16.9 Å². The Bertz CT molecular complexity index is 2270. The molecule has 1 aliphatic rings. The van der Waals surface area contributed by atoms with Crippen LogP contribution < -0.4 is 4.72 Å². The summed E-state index contributed by atoms with van der Waals surface area (Å²) in [5.74, 6) is -3.14. The lowest BCUT2D eigenvalue weighted by molar-refractivity contribution is -0.726. The maximum atomic E-state index is 13.6. The number of carbonyl (C=O) groups excluding carboxylic acids is 4. The van der Waals surface area contributed by atoms with Gasteiger partial charge < -0.3 is 14.8 Å². The van der Waals surface area contributed by atoms with Crippen LogP contribution in [0.3, 0.4) is 0 Å². The number of aromatic nitrogens is 2. The van der Waals surface area contributed by atoms with Gasteiger partial charge in [0.05, 0.1) is 44.3 Å². The fourth-order valence-corrected chi connectivity index (χ4v) is 6.64. The van der Waals surface area contributed by atoms with Crippen molar-refractivity contribution < 1.29 is 55.3 Å². The normalized spacial score (nSPS) is 14.0.